The van der Waals surface area contributed by atoms with Crippen molar-refractivity contribution in [2.24, 2.45) is 0 Å². The Bertz CT molecular complexity index is 623. The van der Waals surface area contributed by atoms with Crippen LogP contribution >= 0.6 is 11.6 Å². The Morgan fingerprint density at radius 3 is 2.47 bits per heavy atom. The second-order valence-electron chi connectivity index (χ2n) is 4.12. The molecule has 1 heterocycles. The zero-order chi connectivity index (χ0) is 14.0. The van der Waals surface area contributed by atoms with Gasteiger partial charge in [-0.2, -0.15) is 0 Å². The van der Waals surface area contributed by atoms with Crippen molar-refractivity contribution in [3.8, 4) is 11.6 Å². The maximum atomic E-state index is 11.3. The summed E-state index contributed by atoms with van der Waals surface area (Å²) in [5, 5.41) is 9.80. The first-order chi connectivity index (χ1) is 8.97. The Morgan fingerprint density at radius 1 is 1.26 bits per heavy atom. The maximum absolute atomic E-state index is 11.3. The first kappa shape index (κ1) is 13.4. The predicted molar refractivity (Wildman–Crippen MR) is 72.2 cm³/mol. The molecule has 0 spiro atoms. The van der Waals surface area contributed by atoms with Crippen molar-refractivity contribution in [1.29, 1.82) is 0 Å². The lowest BCUT2D eigenvalue weighted by molar-refractivity contribution is 0.0692. The van der Waals surface area contributed by atoms with Crippen LogP contribution in [0.15, 0.2) is 30.3 Å². The molecular weight excluding hydrogens is 266 g/mol. The Kier molecular flexibility index (Phi) is 3.71. The topological polar surface area (TPSA) is 59.4 Å². The highest BCUT2D eigenvalue weighted by molar-refractivity contribution is 6.30. The molecule has 2 aromatic rings. The van der Waals surface area contributed by atoms with Gasteiger partial charge in [0.1, 0.15) is 11.3 Å². The Morgan fingerprint density at radius 2 is 1.89 bits per heavy atom. The number of aromatic carboxylic acids is 1. The molecule has 0 saturated carbocycles. The van der Waals surface area contributed by atoms with E-state index in [0.29, 0.717) is 22.0 Å². The summed E-state index contributed by atoms with van der Waals surface area (Å²) in [6.45, 7) is 3.50. The third-order valence-corrected chi connectivity index (χ3v) is 2.81. The van der Waals surface area contributed by atoms with E-state index in [4.69, 9.17) is 16.3 Å². The summed E-state index contributed by atoms with van der Waals surface area (Å²) < 4.78 is 5.54. The van der Waals surface area contributed by atoms with E-state index in [0.717, 1.165) is 0 Å². The first-order valence-electron chi connectivity index (χ1n) is 5.62. The second kappa shape index (κ2) is 5.28. The van der Waals surface area contributed by atoms with Crippen LogP contribution < -0.4 is 4.74 Å². The number of rotatable bonds is 3. The smallest absolute Gasteiger partial charge is 0.341 e. The van der Waals surface area contributed by atoms with E-state index in [1.54, 1.807) is 44.2 Å². The molecule has 1 aromatic heterocycles. The zero-order valence-corrected chi connectivity index (χ0v) is 11.2. The molecule has 0 saturated heterocycles. The number of pyridine rings is 1. The Balaban J connectivity index is 2.44. The summed E-state index contributed by atoms with van der Waals surface area (Å²) in [5.74, 6) is -0.481. The molecule has 1 aromatic carbocycles. The van der Waals surface area contributed by atoms with Gasteiger partial charge in [-0.05, 0) is 49.7 Å². The van der Waals surface area contributed by atoms with Gasteiger partial charge in [0, 0.05) is 10.7 Å². The van der Waals surface area contributed by atoms with Gasteiger partial charge < -0.3 is 9.84 Å². The van der Waals surface area contributed by atoms with Crippen LogP contribution in [-0.2, 0) is 0 Å². The molecule has 4 nitrogen and oxygen atoms in total. The average molecular weight is 278 g/mol. The van der Waals surface area contributed by atoms with Gasteiger partial charge >= 0.3 is 5.97 Å². The van der Waals surface area contributed by atoms with Crippen molar-refractivity contribution >= 4 is 17.6 Å². The second-order valence-corrected chi connectivity index (χ2v) is 4.56. The third-order valence-electron chi connectivity index (χ3n) is 2.55. The van der Waals surface area contributed by atoms with E-state index in [1.807, 2.05) is 0 Å². The van der Waals surface area contributed by atoms with Crippen molar-refractivity contribution in [3.05, 3.63) is 52.2 Å². The van der Waals surface area contributed by atoms with Crippen LogP contribution in [0.3, 0.4) is 0 Å². The number of aryl methyl sites for hydroxylation is 2. The summed E-state index contributed by atoms with van der Waals surface area (Å²) in [4.78, 5) is 15.4. The monoisotopic (exact) mass is 277 g/mol. The zero-order valence-electron chi connectivity index (χ0n) is 10.5. The fourth-order valence-corrected chi connectivity index (χ4v) is 1.88. The van der Waals surface area contributed by atoms with Gasteiger partial charge in [-0.3, -0.25) is 0 Å². The number of benzene rings is 1. The van der Waals surface area contributed by atoms with Gasteiger partial charge in [-0.15, -0.1) is 0 Å². The Labute approximate surface area is 115 Å². The van der Waals surface area contributed by atoms with Gasteiger partial charge in [0.05, 0.1) is 0 Å². The highest BCUT2D eigenvalue weighted by atomic mass is 35.5. The molecule has 0 radical (unpaired) electrons. The van der Waals surface area contributed by atoms with E-state index in [-0.39, 0.29) is 11.4 Å². The quantitative estimate of drug-likeness (QED) is 0.926. The van der Waals surface area contributed by atoms with Crippen LogP contribution in [0.5, 0.6) is 11.6 Å². The lowest BCUT2D eigenvalue weighted by Gasteiger charge is -2.10. The van der Waals surface area contributed by atoms with Crippen molar-refractivity contribution in [2.45, 2.75) is 13.8 Å². The molecular formula is C14H12ClNO3. The molecule has 0 fully saturated rings. The van der Waals surface area contributed by atoms with E-state index in [2.05, 4.69) is 4.98 Å². The summed E-state index contributed by atoms with van der Waals surface area (Å²) in [6, 6.07) is 8.36. The number of carbonyl (C=O) groups is 1. The number of carboxylic acid groups (broad SMARTS) is 1. The summed E-state index contributed by atoms with van der Waals surface area (Å²) in [7, 11) is 0. The molecule has 0 aliphatic carbocycles. The maximum Gasteiger partial charge on any atom is 0.341 e. The molecule has 0 unspecified atom stereocenters. The van der Waals surface area contributed by atoms with Gasteiger partial charge in [0.25, 0.3) is 0 Å². The lowest BCUT2D eigenvalue weighted by Crippen LogP contribution is -2.06. The first-order valence-corrected chi connectivity index (χ1v) is 6.00. The third kappa shape index (κ3) is 3.03. The summed E-state index contributed by atoms with van der Waals surface area (Å²) in [6.07, 6.45) is 0. The van der Waals surface area contributed by atoms with Gasteiger partial charge in [-0.25, -0.2) is 9.78 Å². The molecule has 5 heteroatoms. The number of hydrogen-bond acceptors (Lipinski definition) is 3. The number of nitrogens with zero attached hydrogens (tertiary/aromatic N) is 1. The lowest BCUT2D eigenvalue weighted by atomic mass is 10.1. The normalized spacial score (nSPS) is 10.3. The SMILES string of the molecule is Cc1cc(C)c(C(=O)O)c(Oc2ccc(Cl)cc2)n1. The van der Waals surface area contributed by atoms with Gasteiger partial charge in [0.15, 0.2) is 0 Å². The largest absolute Gasteiger partial charge is 0.477 e. The van der Waals surface area contributed by atoms with Crippen LogP contribution in [0.25, 0.3) is 0 Å². The number of hydrogen-bond donors (Lipinski definition) is 1. The highest BCUT2D eigenvalue weighted by Crippen LogP contribution is 2.27. The minimum Gasteiger partial charge on any atom is -0.477 e. The highest BCUT2D eigenvalue weighted by Gasteiger charge is 2.17. The molecule has 0 bridgehead atoms. The van der Waals surface area contributed by atoms with Crippen molar-refractivity contribution in [3.63, 3.8) is 0 Å². The van der Waals surface area contributed by atoms with Crippen LogP contribution in [-0.4, -0.2) is 16.1 Å². The van der Waals surface area contributed by atoms with E-state index in [1.165, 1.54) is 0 Å². The number of carboxylic acids is 1. The van der Waals surface area contributed by atoms with E-state index >= 15 is 0 Å². The summed E-state index contributed by atoms with van der Waals surface area (Å²) in [5.41, 5.74) is 1.39. The number of ether oxygens (including phenoxy) is 1. The van der Waals surface area contributed by atoms with E-state index < -0.39 is 5.97 Å². The van der Waals surface area contributed by atoms with Crippen LogP contribution in [0.1, 0.15) is 21.6 Å². The van der Waals surface area contributed by atoms with Crippen LogP contribution in [0.4, 0.5) is 0 Å². The minimum atomic E-state index is -1.06. The van der Waals surface area contributed by atoms with Gasteiger partial charge in [-0.1, -0.05) is 11.6 Å². The molecule has 0 atom stereocenters. The molecule has 0 amide bonds. The molecule has 19 heavy (non-hydrogen) atoms. The molecule has 98 valence electrons. The number of halogens is 1. The Hall–Kier alpha value is -2.07. The van der Waals surface area contributed by atoms with E-state index in [9.17, 15) is 9.90 Å². The summed E-state index contributed by atoms with van der Waals surface area (Å²) >= 11 is 5.78. The van der Waals surface area contributed by atoms with Crippen molar-refractivity contribution < 1.29 is 14.6 Å². The molecule has 1 N–H and O–H groups in total. The minimum absolute atomic E-state index is 0.0700. The van der Waals surface area contributed by atoms with Gasteiger partial charge in [0.2, 0.25) is 5.88 Å². The fourth-order valence-electron chi connectivity index (χ4n) is 1.75. The van der Waals surface area contributed by atoms with Crippen LogP contribution in [0.2, 0.25) is 5.02 Å². The fraction of sp³-hybridized carbons (Fsp3) is 0.143. The average Bonchev–Trinajstić information content (AvgIpc) is 2.30. The molecule has 0 aliphatic heterocycles. The van der Waals surface area contributed by atoms with Crippen LogP contribution in [0, 0.1) is 13.8 Å². The number of aromatic nitrogens is 1. The predicted octanol–water partition coefficient (Wildman–Crippen LogP) is 3.84. The molecule has 2 rings (SSSR count). The van der Waals surface area contributed by atoms with Crippen molar-refractivity contribution in [1.82, 2.24) is 4.98 Å². The molecule has 0 aliphatic rings. The van der Waals surface area contributed by atoms with Crippen molar-refractivity contribution in [2.75, 3.05) is 0 Å². The standard InChI is InChI=1S/C14H12ClNO3/c1-8-7-9(2)16-13(12(8)14(17)18)19-11-5-3-10(15)4-6-11/h3-7H,1-2H3,(H,17,18).